The number of anilines is 1. The summed E-state index contributed by atoms with van der Waals surface area (Å²) in [6, 6.07) is 13.7. The van der Waals surface area contributed by atoms with Crippen molar-refractivity contribution in [3.8, 4) is 11.4 Å². The number of hydrogen-bond acceptors (Lipinski definition) is 2. The van der Waals surface area contributed by atoms with Gasteiger partial charge in [-0.2, -0.15) is 13.2 Å². The maximum Gasteiger partial charge on any atom is 0.418 e. The Morgan fingerprint density at radius 3 is 2.43 bits per heavy atom. The average molecular weight is 388 g/mol. The van der Waals surface area contributed by atoms with E-state index in [1.165, 1.54) is 23.8 Å². The molecule has 0 radical (unpaired) electrons. The van der Waals surface area contributed by atoms with Crippen LogP contribution in [0.1, 0.15) is 27.3 Å². The van der Waals surface area contributed by atoms with Crippen LogP contribution in [-0.4, -0.2) is 17.6 Å². The standard InChI is InChI=1S/C21H19F3N2O2/c1-13-11-17(20(27)25-15-7-6-8-16(12-15)28-3)14(2)26(13)19-10-5-4-9-18(19)21(22,23)24/h4-12H,1-3H3,(H,25,27). The molecule has 1 amide bonds. The first kappa shape index (κ1) is 19.5. The number of nitrogens with zero attached hydrogens (tertiary/aromatic N) is 1. The zero-order chi connectivity index (χ0) is 20.5. The van der Waals surface area contributed by atoms with Gasteiger partial charge in [0.25, 0.3) is 5.91 Å². The lowest BCUT2D eigenvalue weighted by atomic mass is 10.1. The van der Waals surface area contributed by atoms with Crippen LogP contribution in [0.4, 0.5) is 18.9 Å². The molecule has 0 aliphatic heterocycles. The van der Waals surface area contributed by atoms with Crippen molar-refractivity contribution in [3.63, 3.8) is 0 Å². The Bertz CT molecular complexity index is 1020. The summed E-state index contributed by atoms with van der Waals surface area (Å²) in [5.74, 6) is 0.180. The van der Waals surface area contributed by atoms with Gasteiger partial charge in [0.05, 0.1) is 23.9 Å². The number of ether oxygens (including phenoxy) is 1. The molecule has 0 fully saturated rings. The molecule has 4 nitrogen and oxygen atoms in total. The second-order valence-corrected chi connectivity index (χ2v) is 6.32. The summed E-state index contributed by atoms with van der Waals surface area (Å²) in [6.45, 7) is 3.29. The van der Waals surface area contributed by atoms with Crippen LogP contribution in [-0.2, 0) is 6.18 Å². The Labute approximate surface area is 160 Å². The first-order chi connectivity index (χ1) is 13.2. The fourth-order valence-corrected chi connectivity index (χ4v) is 3.17. The van der Waals surface area contributed by atoms with Gasteiger partial charge in [-0.05, 0) is 44.2 Å². The van der Waals surface area contributed by atoms with Crippen LogP contribution >= 0.6 is 0 Å². The van der Waals surface area contributed by atoms with Crippen LogP contribution in [0.25, 0.3) is 5.69 Å². The number of methoxy groups -OCH3 is 1. The van der Waals surface area contributed by atoms with Crippen molar-refractivity contribution in [1.29, 1.82) is 0 Å². The fraction of sp³-hybridized carbons (Fsp3) is 0.190. The topological polar surface area (TPSA) is 43.3 Å². The van der Waals surface area contributed by atoms with E-state index in [9.17, 15) is 18.0 Å². The molecule has 0 bridgehead atoms. The first-order valence-electron chi connectivity index (χ1n) is 8.53. The van der Waals surface area contributed by atoms with Gasteiger partial charge in [0, 0.05) is 23.1 Å². The molecule has 0 atom stereocenters. The molecule has 0 aliphatic carbocycles. The van der Waals surface area contributed by atoms with Gasteiger partial charge in [0.15, 0.2) is 0 Å². The molecule has 7 heteroatoms. The lowest BCUT2D eigenvalue weighted by Crippen LogP contribution is -2.15. The Morgan fingerprint density at radius 1 is 1.04 bits per heavy atom. The van der Waals surface area contributed by atoms with Crippen molar-refractivity contribution in [3.05, 3.63) is 77.1 Å². The minimum absolute atomic E-state index is 0.00886. The number of amides is 1. The molecule has 3 aromatic rings. The summed E-state index contributed by atoms with van der Waals surface area (Å²) in [7, 11) is 1.52. The van der Waals surface area contributed by atoms with Crippen LogP contribution < -0.4 is 10.1 Å². The number of aromatic nitrogens is 1. The second kappa shape index (κ2) is 7.42. The smallest absolute Gasteiger partial charge is 0.418 e. The molecule has 0 aliphatic rings. The number of para-hydroxylation sites is 1. The second-order valence-electron chi connectivity index (χ2n) is 6.32. The highest BCUT2D eigenvalue weighted by molar-refractivity contribution is 6.05. The van der Waals surface area contributed by atoms with E-state index in [2.05, 4.69) is 5.32 Å². The molecular formula is C21H19F3N2O2. The SMILES string of the molecule is COc1cccc(NC(=O)c2cc(C)n(-c3ccccc3C(F)(F)F)c2C)c1. The van der Waals surface area contributed by atoms with Gasteiger partial charge >= 0.3 is 6.18 Å². The van der Waals surface area contributed by atoms with Gasteiger partial charge in [0.2, 0.25) is 0 Å². The van der Waals surface area contributed by atoms with Crippen molar-refractivity contribution in [1.82, 2.24) is 4.57 Å². The molecule has 2 aromatic carbocycles. The van der Waals surface area contributed by atoms with Crippen molar-refractivity contribution in [2.45, 2.75) is 20.0 Å². The Balaban J connectivity index is 2.00. The third kappa shape index (κ3) is 3.74. The van der Waals surface area contributed by atoms with E-state index in [-0.39, 0.29) is 5.69 Å². The molecule has 28 heavy (non-hydrogen) atoms. The number of rotatable bonds is 4. The largest absolute Gasteiger partial charge is 0.497 e. The molecular weight excluding hydrogens is 369 g/mol. The summed E-state index contributed by atoms with van der Waals surface area (Å²) in [6.07, 6.45) is -4.50. The number of alkyl halides is 3. The fourth-order valence-electron chi connectivity index (χ4n) is 3.17. The molecule has 0 spiro atoms. The lowest BCUT2D eigenvalue weighted by molar-refractivity contribution is -0.137. The van der Waals surface area contributed by atoms with Gasteiger partial charge in [-0.1, -0.05) is 18.2 Å². The maximum atomic E-state index is 13.4. The third-order valence-electron chi connectivity index (χ3n) is 4.45. The maximum absolute atomic E-state index is 13.4. The number of carbonyl (C=O) groups is 1. The number of halogens is 3. The van der Waals surface area contributed by atoms with E-state index in [0.29, 0.717) is 28.4 Å². The van der Waals surface area contributed by atoms with Gasteiger partial charge in [-0.3, -0.25) is 4.79 Å². The molecule has 1 heterocycles. The first-order valence-corrected chi connectivity index (χ1v) is 8.53. The number of carbonyl (C=O) groups excluding carboxylic acids is 1. The Kier molecular flexibility index (Phi) is 5.18. The van der Waals surface area contributed by atoms with Crippen LogP contribution in [0.15, 0.2) is 54.6 Å². The molecule has 1 N–H and O–H groups in total. The molecule has 3 rings (SSSR count). The summed E-state index contributed by atoms with van der Waals surface area (Å²) < 4.78 is 46.8. The Hall–Kier alpha value is -3.22. The summed E-state index contributed by atoms with van der Waals surface area (Å²) in [5.41, 5.74) is 1.03. The molecule has 0 saturated carbocycles. The molecule has 0 unspecified atom stereocenters. The van der Waals surface area contributed by atoms with Gasteiger partial charge in [-0.15, -0.1) is 0 Å². The predicted octanol–water partition coefficient (Wildman–Crippen LogP) is 5.37. The van der Waals surface area contributed by atoms with Crippen molar-refractivity contribution in [2.24, 2.45) is 0 Å². The minimum atomic E-state index is -4.50. The van der Waals surface area contributed by atoms with E-state index in [0.717, 1.165) is 6.07 Å². The van der Waals surface area contributed by atoms with E-state index < -0.39 is 17.6 Å². The van der Waals surface area contributed by atoms with Crippen LogP contribution in [0.2, 0.25) is 0 Å². The van der Waals surface area contributed by atoms with E-state index in [4.69, 9.17) is 4.74 Å². The summed E-state index contributed by atoms with van der Waals surface area (Å²) >= 11 is 0. The van der Waals surface area contributed by atoms with Crippen LogP contribution in [0, 0.1) is 13.8 Å². The number of aryl methyl sites for hydroxylation is 1. The number of hydrogen-bond donors (Lipinski definition) is 1. The highest BCUT2D eigenvalue weighted by Crippen LogP contribution is 2.35. The summed E-state index contributed by atoms with van der Waals surface area (Å²) in [5, 5.41) is 2.76. The highest BCUT2D eigenvalue weighted by Gasteiger charge is 2.34. The van der Waals surface area contributed by atoms with Crippen molar-refractivity contribution in [2.75, 3.05) is 12.4 Å². The molecule has 146 valence electrons. The normalized spacial score (nSPS) is 11.4. The van der Waals surface area contributed by atoms with E-state index in [1.54, 1.807) is 50.2 Å². The zero-order valence-corrected chi connectivity index (χ0v) is 15.6. The quantitative estimate of drug-likeness (QED) is 0.653. The van der Waals surface area contributed by atoms with Crippen molar-refractivity contribution >= 4 is 11.6 Å². The summed E-state index contributed by atoms with van der Waals surface area (Å²) in [4.78, 5) is 12.7. The van der Waals surface area contributed by atoms with Gasteiger partial charge < -0.3 is 14.6 Å². The van der Waals surface area contributed by atoms with Crippen LogP contribution in [0.3, 0.4) is 0 Å². The van der Waals surface area contributed by atoms with Crippen molar-refractivity contribution < 1.29 is 22.7 Å². The van der Waals surface area contributed by atoms with E-state index >= 15 is 0 Å². The zero-order valence-electron chi connectivity index (χ0n) is 15.6. The lowest BCUT2D eigenvalue weighted by Gasteiger charge is -2.16. The minimum Gasteiger partial charge on any atom is -0.497 e. The third-order valence-corrected chi connectivity index (χ3v) is 4.45. The number of benzene rings is 2. The predicted molar refractivity (Wildman–Crippen MR) is 101 cm³/mol. The monoisotopic (exact) mass is 388 g/mol. The highest BCUT2D eigenvalue weighted by atomic mass is 19.4. The molecule has 0 saturated heterocycles. The van der Waals surface area contributed by atoms with Gasteiger partial charge in [0.1, 0.15) is 5.75 Å². The molecule has 1 aromatic heterocycles. The number of nitrogens with one attached hydrogen (secondary N) is 1. The average Bonchev–Trinajstić information content (AvgIpc) is 2.95. The van der Waals surface area contributed by atoms with E-state index in [1.807, 2.05) is 0 Å². The van der Waals surface area contributed by atoms with Gasteiger partial charge in [-0.25, -0.2) is 0 Å². The van der Waals surface area contributed by atoms with Crippen LogP contribution in [0.5, 0.6) is 5.75 Å². The Morgan fingerprint density at radius 2 is 1.75 bits per heavy atom.